The van der Waals surface area contributed by atoms with Crippen LogP contribution >= 0.6 is 0 Å². The molecule has 0 unspecified atom stereocenters. The molecule has 0 aliphatic heterocycles. The van der Waals surface area contributed by atoms with Crippen LogP contribution in [0, 0.1) is 0 Å². The van der Waals surface area contributed by atoms with Crippen molar-refractivity contribution >= 4 is 22.9 Å². The highest BCUT2D eigenvalue weighted by atomic mass is 16.1. The molecule has 0 saturated carbocycles. The Morgan fingerprint density at radius 1 is 1.21 bits per heavy atom. The minimum atomic E-state index is 0.459. The number of nitrogens with one attached hydrogen (secondary N) is 1. The zero-order valence-corrected chi connectivity index (χ0v) is 10.3. The van der Waals surface area contributed by atoms with Gasteiger partial charge in [0.2, 0.25) is 0 Å². The Balaban J connectivity index is 2.07. The van der Waals surface area contributed by atoms with Gasteiger partial charge in [-0.3, -0.25) is 9.89 Å². The van der Waals surface area contributed by atoms with Crippen LogP contribution in [0.25, 0.3) is 10.9 Å². The fourth-order valence-corrected chi connectivity index (χ4v) is 2.18. The largest absolute Gasteiger partial charge is 0.398 e. The number of aldehydes is 1. The normalized spacial score (nSPS) is 10.7. The van der Waals surface area contributed by atoms with E-state index in [9.17, 15) is 4.79 Å². The van der Waals surface area contributed by atoms with Gasteiger partial charge in [-0.1, -0.05) is 30.3 Å². The van der Waals surface area contributed by atoms with Gasteiger partial charge in [0, 0.05) is 28.8 Å². The molecule has 0 saturated heterocycles. The summed E-state index contributed by atoms with van der Waals surface area (Å²) in [6.45, 7) is 0. The van der Waals surface area contributed by atoms with Crippen LogP contribution in [0.4, 0.5) is 5.69 Å². The van der Waals surface area contributed by atoms with E-state index in [0.29, 0.717) is 11.3 Å². The number of carbonyl (C=O) groups is 1. The number of benzene rings is 2. The topological polar surface area (TPSA) is 71.8 Å². The molecule has 1 aromatic heterocycles. The Bertz CT molecular complexity index is 732. The van der Waals surface area contributed by atoms with Gasteiger partial charge >= 0.3 is 0 Å². The molecule has 3 aromatic rings. The molecule has 4 nitrogen and oxygen atoms in total. The van der Waals surface area contributed by atoms with E-state index in [0.717, 1.165) is 29.3 Å². The van der Waals surface area contributed by atoms with Crippen LogP contribution in [0.2, 0.25) is 0 Å². The van der Waals surface area contributed by atoms with Crippen LogP contribution in [0.5, 0.6) is 0 Å². The second-order valence-corrected chi connectivity index (χ2v) is 4.48. The smallest absolute Gasteiger partial charge is 0.152 e. The monoisotopic (exact) mass is 251 g/mol. The van der Waals surface area contributed by atoms with Gasteiger partial charge < -0.3 is 5.73 Å². The standard InChI is InChI=1S/C15H13N3O/c16-13-8-15-12(7-11(13)9-19)14(17-18-15)6-10-4-2-1-3-5-10/h1-5,7-9H,6,16H2,(H,17,18). The molecule has 0 spiro atoms. The highest BCUT2D eigenvalue weighted by Crippen LogP contribution is 2.23. The molecule has 0 amide bonds. The summed E-state index contributed by atoms with van der Waals surface area (Å²) in [5, 5.41) is 8.19. The van der Waals surface area contributed by atoms with E-state index in [1.807, 2.05) is 18.2 Å². The van der Waals surface area contributed by atoms with Crippen LogP contribution in [0.15, 0.2) is 42.5 Å². The number of aromatic nitrogens is 2. The lowest BCUT2D eigenvalue weighted by atomic mass is 10.0. The van der Waals surface area contributed by atoms with Crippen LogP contribution in [-0.4, -0.2) is 16.5 Å². The molecule has 0 fully saturated rings. The fraction of sp³-hybridized carbons (Fsp3) is 0.0667. The zero-order chi connectivity index (χ0) is 13.2. The number of nitrogen functional groups attached to an aromatic ring is 1. The maximum Gasteiger partial charge on any atom is 0.152 e. The Morgan fingerprint density at radius 3 is 2.74 bits per heavy atom. The van der Waals surface area contributed by atoms with E-state index in [2.05, 4.69) is 22.3 Å². The third-order valence-electron chi connectivity index (χ3n) is 3.19. The van der Waals surface area contributed by atoms with Crippen LogP contribution in [0.1, 0.15) is 21.6 Å². The number of H-pyrrole nitrogens is 1. The van der Waals surface area contributed by atoms with Gasteiger partial charge in [0.25, 0.3) is 0 Å². The fourth-order valence-electron chi connectivity index (χ4n) is 2.18. The molecular weight excluding hydrogens is 238 g/mol. The molecule has 0 atom stereocenters. The first-order valence-corrected chi connectivity index (χ1v) is 6.03. The van der Waals surface area contributed by atoms with E-state index >= 15 is 0 Å². The summed E-state index contributed by atoms with van der Waals surface area (Å²) in [6, 6.07) is 13.6. The minimum Gasteiger partial charge on any atom is -0.398 e. The molecule has 0 radical (unpaired) electrons. The summed E-state index contributed by atoms with van der Waals surface area (Å²) >= 11 is 0. The van der Waals surface area contributed by atoms with Crippen molar-refractivity contribution in [3.8, 4) is 0 Å². The van der Waals surface area contributed by atoms with Crippen molar-refractivity contribution in [3.63, 3.8) is 0 Å². The summed E-state index contributed by atoms with van der Waals surface area (Å²) in [4.78, 5) is 11.0. The summed E-state index contributed by atoms with van der Waals surface area (Å²) in [5.74, 6) is 0. The summed E-state index contributed by atoms with van der Waals surface area (Å²) in [5.41, 5.74) is 9.70. The average molecular weight is 251 g/mol. The van der Waals surface area contributed by atoms with Crippen molar-refractivity contribution in [2.45, 2.75) is 6.42 Å². The second-order valence-electron chi connectivity index (χ2n) is 4.48. The number of rotatable bonds is 3. The third kappa shape index (κ3) is 2.08. The van der Waals surface area contributed by atoms with Crippen LogP contribution < -0.4 is 5.73 Å². The molecule has 0 bridgehead atoms. The van der Waals surface area contributed by atoms with Gasteiger partial charge in [-0.15, -0.1) is 0 Å². The van der Waals surface area contributed by atoms with Crippen molar-refractivity contribution in [3.05, 3.63) is 59.3 Å². The summed E-state index contributed by atoms with van der Waals surface area (Å²) in [7, 11) is 0. The lowest BCUT2D eigenvalue weighted by Gasteiger charge is -2.01. The number of hydrogen-bond acceptors (Lipinski definition) is 3. The molecule has 3 rings (SSSR count). The number of carbonyl (C=O) groups excluding carboxylic acids is 1. The highest BCUT2D eigenvalue weighted by molar-refractivity contribution is 5.94. The van der Waals surface area contributed by atoms with E-state index in [-0.39, 0.29) is 0 Å². The average Bonchev–Trinajstić information content (AvgIpc) is 2.81. The first-order chi connectivity index (χ1) is 9.28. The Labute approximate surface area is 110 Å². The van der Waals surface area contributed by atoms with Gasteiger partial charge in [-0.05, 0) is 17.7 Å². The number of anilines is 1. The SMILES string of the molecule is Nc1cc2n[nH]c(Cc3ccccc3)c2cc1C=O. The second kappa shape index (κ2) is 4.57. The molecule has 0 aliphatic rings. The summed E-state index contributed by atoms with van der Waals surface area (Å²) < 4.78 is 0. The number of hydrogen-bond donors (Lipinski definition) is 2. The number of nitrogens with zero attached hydrogens (tertiary/aromatic N) is 1. The van der Waals surface area contributed by atoms with E-state index in [4.69, 9.17) is 5.73 Å². The lowest BCUT2D eigenvalue weighted by molar-refractivity contribution is 0.112. The maximum absolute atomic E-state index is 11.0. The molecule has 94 valence electrons. The Hall–Kier alpha value is -2.62. The maximum atomic E-state index is 11.0. The lowest BCUT2D eigenvalue weighted by Crippen LogP contribution is -1.93. The quantitative estimate of drug-likeness (QED) is 0.555. The third-order valence-corrected chi connectivity index (χ3v) is 3.19. The van der Waals surface area contributed by atoms with Crippen LogP contribution in [0.3, 0.4) is 0 Å². The number of fused-ring (bicyclic) bond motifs is 1. The molecule has 3 N–H and O–H groups in total. The Morgan fingerprint density at radius 2 is 2.00 bits per heavy atom. The highest BCUT2D eigenvalue weighted by Gasteiger charge is 2.09. The molecular formula is C15H13N3O. The minimum absolute atomic E-state index is 0.459. The summed E-state index contributed by atoms with van der Waals surface area (Å²) in [6.07, 6.45) is 1.52. The molecule has 4 heteroatoms. The Kier molecular flexibility index (Phi) is 2.76. The van der Waals surface area contributed by atoms with Crippen LogP contribution in [-0.2, 0) is 6.42 Å². The first kappa shape index (κ1) is 11.5. The van der Waals surface area contributed by atoms with Crippen molar-refractivity contribution in [1.82, 2.24) is 10.2 Å². The van der Waals surface area contributed by atoms with Crippen molar-refractivity contribution in [2.24, 2.45) is 0 Å². The van der Waals surface area contributed by atoms with Crippen molar-refractivity contribution < 1.29 is 4.79 Å². The molecule has 0 aliphatic carbocycles. The van der Waals surface area contributed by atoms with E-state index in [1.54, 1.807) is 12.1 Å². The number of nitrogens with two attached hydrogens (primary N) is 1. The van der Waals surface area contributed by atoms with Crippen molar-refractivity contribution in [2.75, 3.05) is 5.73 Å². The predicted octanol–water partition coefficient (Wildman–Crippen LogP) is 2.55. The van der Waals surface area contributed by atoms with Gasteiger partial charge in [0.15, 0.2) is 6.29 Å². The van der Waals surface area contributed by atoms with Gasteiger partial charge in [0.05, 0.1) is 5.52 Å². The first-order valence-electron chi connectivity index (χ1n) is 6.03. The predicted molar refractivity (Wildman–Crippen MR) is 75.1 cm³/mol. The van der Waals surface area contributed by atoms with Gasteiger partial charge in [-0.25, -0.2) is 0 Å². The molecule has 1 heterocycles. The van der Waals surface area contributed by atoms with E-state index in [1.165, 1.54) is 5.56 Å². The number of aromatic amines is 1. The van der Waals surface area contributed by atoms with E-state index < -0.39 is 0 Å². The molecule has 19 heavy (non-hydrogen) atoms. The van der Waals surface area contributed by atoms with Gasteiger partial charge in [0.1, 0.15) is 0 Å². The van der Waals surface area contributed by atoms with Gasteiger partial charge in [-0.2, -0.15) is 5.10 Å². The molecule has 2 aromatic carbocycles. The zero-order valence-electron chi connectivity index (χ0n) is 10.3. The van der Waals surface area contributed by atoms with Crippen molar-refractivity contribution in [1.29, 1.82) is 0 Å².